The molecule has 1 aliphatic carbocycles. The van der Waals surface area contributed by atoms with E-state index in [9.17, 15) is 18.8 Å². The highest BCUT2D eigenvalue weighted by molar-refractivity contribution is 7.09. The van der Waals surface area contributed by atoms with E-state index in [1.54, 1.807) is 19.4 Å². The number of nitrogens with one attached hydrogen (secondary N) is 2. The van der Waals surface area contributed by atoms with Gasteiger partial charge in [-0.1, -0.05) is 6.42 Å². The third-order valence-corrected chi connectivity index (χ3v) is 8.58. The lowest BCUT2D eigenvalue weighted by molar-refractivity contribution is -0.898. The van der Waals surface area contributed by atoms with E-state index in [0.29, 0.717) is 15.7 Å². The van der Waals surface area contributed by atoms with E-state index in [2.05, 4.69) is 10.6 Å². The summed E-state index contributed by atoms with van der Waals surface area (Å²) >= 11 is 1.42. The van der Waals surface area contributed by atoms with Gasteiger partial charge in [0.15, 0.2) is 5.01 Å². The normalized spacial score (nSPS) is 23.7. The van der Waals surface area contributed by atoms with Gasteiger partial charge in [0, 0.05) is 23.8 Å². The second-order valence-corrected chi connectivity index (χ2v) is 10.5. The van der Waals surface area contributed by atoms with Gasteiger partial charge in [0.1, 0.15) is 24.1 Å². The third-order valence-electron chi connectivity index (χ3n) is 7.64. The van der Waals surface area contributed by atoms with E-state index in [-0.39, 0.29) is 42.3 Å². The highest BCUT2D eigenvalue weighted by Gasteiger charge is 2.54. The van der Waals surface area contributed by atoms with Crippen molar-refractivity contribution in [1.29, 1.82) is 0 Å². The van der Waals surface area contributed by atoms with E-state index in [4.69, 9.17) is 4.98 Å². The molecule has 2 aliphatic rings. The van der Waals surface area contributed by atoms with E-state index in [0.717, 1.165) is 50.1 Å². The molecule has 0 spiro atoms. The Morgan fingerprint density at radius 1 is 1.11 bits per heavy atom. The summed E-state index contributed by atoms with van der Waals surface area (Å²) in [7, 11) is 1.71. The Morgan fingerprint density at radius 3 is 2.51 bits per heavy atom. The Morgan fingerprint density at radius 2 is 1.83 bits per heavy atom. The van der Waals surface area contributed by atoms with Crippen molar-refractivity contribution in [3.63, 3.8) is 0 Å². The number of halogens is 1. The van der Waals surface area contributed by atoms with Gasteiger partial charge in [-0.3, -0.25) is 9.59 Å². The minimum atomic E-state index is -0.393. The number of rotatable bonds is 8. The quantitative estimate of drug-likeness (QED) is 0.425. The van der Waals surface area contributed by atoms with Crippen molar-refractivity contribution in [3.05, 3.63) is 51.7 Å². The molecule has 7 nitrogen and oxygen atoms in total. The van der Waals surface area contributed by atoms with Crippen LogP contribution in [0.2, 0.25) is 0 Å². The summed E-state index contributed by atoms with van der Waals surface area (Å²) in [6, 6.07) is 5.17. The van der Waals surface area contributed by atoms with Crippen LogP contribution in [0.4, 0.5) is 4.39 Å². The number of benzene rings is 1. The number of carbonyl (C=O) groups is 3. The second kappa shape index (κ2) is 11.1. The van der Waals surface area contributed by atoms with E-state index < -0.39 is 5.82 Å². The van der Waals surface area contributed by atoms with Crippen LogP contribution in [0.3, 0.4) is 0 Å². The molecule has 1 aromatic heterocycles. The third kappa shape index (κ3) is 5.22. The fraction of sp³-hybridized carbons (Fsp3) is 0.538. The van der Waals surface area contributed by atoms with E-state index in [1.165, 1.54) is 42.0 Å². The molecular weight excluding hydrogens is 467 g/mol. The Bertz CT molecular complexity index is 1070. The Hall–Kier alpha value is -2.49. The number of quaternary nitrogens is 1. The van der Waals surface area contributed by atoms with Gasteiger partial charge < -0.3 is 10.6 Å². The van der Waals surface area contributed by atoms with Crippen molar-refractivity contribution >= 4 is 28.9 Å². The number of likely N-dealkylation sites (N-methyl/N-ethyl adjacent to an activating group) is 1. The van der Waals surface area contributed by atoms with E-state index >= 15 is 0 Å². The molecule has 0 radical (unpaired) electrons. The molecule has 3 unspecified atom stereocenters. The van der Waals surface area contributed by atoms with Gasteiger partial charge in [0.25, 0.3) is 0 Å². The number of amides is 2. The number of carbonyl (C=O) groups excluding carboxylic acids is 3. The van der Waals surface area contributed by atoms with Gasteiger partial charge >= 0.3 is 5.91 Å². The largest absolute Gasteiger partial charge is 0.342 e. The van der Waals surface area contributed by atoms with Crippen LogP contribution in [0.1, 0.15) is 79.0 Å². The summed E-state index contributed by atoms with van der Waals surface area (Å²) in [6.45, 7) is 2.48. The van der Waals surface area contributed by atoms with Gasteiger partial charge in [0.05, 0.1) is 18.6 Å². The summed E-state index contributed by atoms with van der Waals surface area (Å²) in [5.41, 5.74) is 0.717. The average molecular weight is 502 g/mol. The molecule has 9 heteroatoms. The lowest BCUT2D eigenvalue weighted by Crippen LogP contribution is -2.62. The van der Waals surface area contributed by atoms with Gasteiger partial charge in [-0.05, 0) is 63.9 Å². The molecule has 1 aromatic carbocycles. The molecule has 2 aromatic rings. The highest BCUT2D eigenvalue weighted by atomic mass is 32.1. The van der Waals surface area contributed by atoms with E-state index in [1.807, 2.05) is 0 Å². The number of thiazole rings is 1. The first-order chi connectivity index (χ1) is 16.9. The van der Waals surface area contributed by atoms with Crippen molar-refractivity contribution in [2.45, 2.75) is 70.0 Å². The number of hydrogen-bond donors (Lipinski definition) is 2. The van der Waals surface area contributed by atoms with Gasteiger partial charge in [0.2, 0.25) is 11.7 Å². The van der Waals surface area contributed by atoms with Gasteiger partial charge in [-0.15, -0.1) is 11.3 Å². The molecule has 4 rings (SSSR count). The molecule has 2 fully saturated rings. The smallest absolute Gasteiger partial charge is 0.333 e. The fourth-order valence-electron chi connectivity index (χ4n) is 5.62. The molecule has 3 atom stereocenters. The van der Waals surface area contributed by atoms with Crippen molar-refractivity contribution < 1.29 is 23.3 Å². The first kappa shape index (κ1) is 25.6. The minimum absolute atomic E-state index is 0.00933. The van der Waals surface area contributed by atoms with Crippen LogP contribution in [-0.2, 0) is 9.59 Å². The topological polar surface area (TPSA) is 88.2 Å². The van der Waals surface area contributed by atoms with Crippen molar-refractivity contribution in [1.82, 2.24) is 15.6 Å². The van der Waals surface area contributed by atoms with Gasteiger partial charge in [-0.2, -0.15) is 0 Å². The van der Waals surface area contributed by atoms with Gasteiger partial charge in [-0.25, -0.2) is 18.7 Å². The first-order valence-electron chi connectivity index (χ1n) is 12.5. The summed E-state index contributed by atoms with van der Waals surface area (Å²) in [4.78, 5) is 43.9. The molecule has 1 aliphatic heterocycles. The highest BCUT2D eigenvalue weighted by Crippen LogP contribution is 2.46. The van der Waals surface area contributed by atoms with Crippen LogP contribution in [-0.4, -0.2) is 59.3 Å². The summed E-state index contributed by atoms with van der Waals surface area (Å²) in [5, 5.41) is 8.27. The van der Waals surface area contributed by atoms with Crippen molar-refractivity contribution in [2.75, 3.05) is 20.1 Å². The Kier molecular flexibility index (Phi) is 8.09. The zero-order chi connectivity index (χ0) is 25.0. The molecule has 2 heterocycles. The van der Waals surface area contributed by atoms with Crippen LogP contribution in [0.15, 0.2) is 29.6 Å². The minimum Gasteiger partial charge on any atom is -0.342 e. The fourth-order valence-corrected chi connectivity index (χ4v) is 6.63. The van der Waals surface area contributed by atoms with Crippen molar-refractivity contribution in [2.24, 2.45) is 0 Å². The van der Waals surface area contributed by atoms with Crippen molar-refractivity contribution in [3.8, 4) is 0 Å². The average Bonchev–Trinajstić information content (AvgIpc) is 3.55. The number of hydrogen-bond acceptors (Lipinski definition) is 6. The maximum Gasteiger partial charge on any atom is 0.333 e. The predicted octanol–water partition coefficient (Wildman–Crippen LogP) is 3.75. The lowest BCUT2D eigenvalue weighted by atomic mass is 9.91. The lowest BCUT2D eigenvalue weighted by Gasteiger charge is -2.44. The Balaban J connectivity index is 1.61. The molecule has 0 bridgehead atoms. The van der Waals surface area contributed by atoms with Crippen LogP contribution in [0.5, 0.6) is 0 Å². The Labute approximate surface area is 209 Å². The maximum absolute atomic E-state index is 13.9. The molecule has 2 N–H and O–H groups in total. The SMILES string of the molecule is CNC(C)C(=O)NCC(=O)[N+]1(C2CCCCC2)CCCC1c1nc(C(=O)c2ccc(F)cc2)cs1. The first-order valence-corrected chi connectivity index (χ1v) is 13.4. The predicted molar refractivity (Wildman–Crippen MR) is 132 cm³/mol. The summed E-state index contributed by atoms with van der Waals surface area (Å²) in [6.07, 6.45) is 7.06. The number of nitrogens with zero attached hydrogens (tertiary/aromatic N) is 2. The molecule has 2 amide bonds. The number of aromatic nitrogens is 1. The van der Waals surface area contributed by atoms with Crippen LogP contribution >= 0.6 is 11.3 Å². The van der Waals surface area contributed by atoms with Crippen LogP contribution in [0, 0.1) is 5.82 Å². The molecular formula is C26H34FN4O3S+. The summed E-state index contributed by atoms with van der Waals surface area (Å²) < 4.78 is 13.6. The number of ketones is 1. The molecule has 1 saturated heterocycles. The monoisotopic (exact) mass is 501 g/mol. The molecule has 188 valence electrons. The zero-order valence-electron chi connectivity index (χ0n) is 20.4. The maximum atomic E-state index is 13.9. The standard InChI is InChI=1S/C26H33FN4O3S/c1-17(28-2)25(34)29-15-23(32)31(20-7-4-3-5-8-20)14-6-9-22(31)26-30-21(16-35-26)24(33)18-10-12-19(27)13-11-18/h10-13,16-17,20,22,28H,3-9,14-15H2,1-2H3/p+1. The molecule has 35 heavy (non-hydrogen) atoms. The second-order valence-electron chi connectivity index (χ2n) is 9.63. The van der Waals surface area contributed by atoms with Crippen LogP contribution < -0.4 is 10.6 Å². The molecule has 1 saturated carbocycles. The zero-order valence-corrected chi connectivity index (χ0v) is 21.2. The van der Waals surface area contributed by atoms with Crippen LogP contribution in [0.25, 0.3) is 0 Å². The summed E-state index contributed by atoms with van der Waals surface area (Å²) in [5.74, 6) is -0.811. The number of likely N-dealkylation sites (tertiary alicyclic amines) is 1.